The monoisotopic (exact) mass is 377 g/mol. The number of nitrogens with one attached hydrogen (secondary N) is 2. The summed E-state index contributed by atoms with van der Waals surface area (Å²) in [4.78, 5) is 12.1. The largest absolute Gasteiger partial charge is 0.385 e. The van der Waals surface area contributed by atoms with Crippen LogP contribution in [-0.2, 0) is 4.74 Å². The Balaban J connectivity index is 2.51. The second-order valence-electron chi connectivity index (χ2n) is 4.20. The fourth-order valence-corrected chi connectivity index (χ4v) is 2.15. The zero-order valence-corrected chi connectivity index (χ0v) is 14.2. The van der Waals surface area contributed by atoms with Crippen molar-refractivity contribution in [2.24, 2.45) is 0 Å². The van der Waals surface area contributed by atoms with Crippen LogP contribution in [-0.4, -0.2) is 43.3 Å². The van der Waals surface area contributed by atoms with E-state index in [0.717, 1.165) is 6.42 Å². The van der Waals surface area contributed by atoms with Crippen molar-refractivity contribution in [2.75, 3.05) is 27.3 Å². The first-order chi connectivity index (χ1) is 9.95. The highest BCUT2D eigenvalue weighted by Gasteiger charge is 2.13. The van der Waals surface area contributed by atoms with Crippen LogP contribution >= 0.6 is 28.1 Å². The van der Waals surface area contributed by atoms with Crippen LogP contribution < -0.4 is 10.7 Å². The molecule has 0 aliphatic carbocycles. The number of carbonyl (C=O) groups excluding carboxylic acids is 1. The topological polar surface area (TPSA) is 53.6 Å². The first-order valence-corrected chi connectivity index (χ1v) is 7.42. The van der Waals surface area contributed by atoms with Crippen molar-refractivity contribution < 1.29 is 13.9 Å². The summed E-state index contributed by atoms with van der Waals surface area (Å²) >= 11 is 8.29. The molecule has 8 heteroatoms. The molecule has 0 heterocycles. The molecule has 2 N–H and O–H groups in total. The van der Waals surface area contributed by atoms with E-state index in [-0.39, 0.29) is 5.91 Å². The van der Waals surface area contributed by atoms with Gasteiger partial charge in [0, 0.05) is 31.8 Å². The number of ether oxygens (including phenoxy) is 1. The predicted molar refractivity (Wildman–Crippen MR) is 86.4 cm³/mol. The van der Waals surface area contributed by atoms with Crippen LogP contribution in [0.15, 0.2) is 22.7 Å². The molecule has 0 aliphatic rings. The Morgan fingerprint density at radius 1 is 1.52 bits per heavy atom. The Labute approximate surface area is 136 Å². The van der Waals surface area contributed by atoms with Gasteiger partial charge in [-0.25, -0.2) is 4.39 Å². The third kappa shape index (κ3) is 5.94. The van der Waals surface area contributed by atoms with Gasteiger partial charge < -0.3 is 10.1 Å². The number of amides is 1. The number of hydrogen-bond donors (Lipinski definition) is 2. The minimum Gasteiger partial charge on any atom is -0.385 e. The summed E-state index contributed by atoms with van der Waals surface area (Å²) in [5.41, 5.74) is 2.93. The average Bonchev–Trinajstić information content (AvgIpc) is 2.43. The van der Waals surface area contributed by atoms with Crippen LogP contribution in [0, 0.1) is 5.82 Å². The van der Waals surface area contributed by atoms with Gasteiger partial charge in [0.15, 0.2) is 5.11 Å². The molecule has 1 amide bonds. The number of thiocarbonyl (C=S) groups is 1. The standard InChI is InChI=1S/C13H17BrFN3O2S/c1-18(13(21)16-6-3-7-20-2)17-12(19)10-5-4-9(15)8-11(10)14/h4-5,8H,3,6-7H2,1-2H3,(H,16,21)(H,17,19). The fraction of sp³-hybridized carbons (Fsp3) is 0.385. The third-order valence-corrected chi connectivity index (χ3v) is 3.63. The SMILES string of the molecule is COCCCNC(=S)N(C)NC(=O)c1ccc(F)cc1Br. The molecule has 1 aromatic rings. The molecule has 1 rings (SSSR count). The predicted octanol–water partition coefficient (Wildman–Crippen LogP) is 2.08. The van der Waals surface area contributed by atoms with E-state index < -0.39 is 5.82 Å². The van der Waals surface area contributed by atoms with E-state index in [1.54, 1.807) is 14.2 Å². The highest BCUT2D eigenvalue weighted by Crippen LogP contribution is 2.17. The van der Waals surface area contributed by atoms with Gasteiger partial charge in [-0.3, -0.25) is 15.2 Å². The molecule has 1 aromatic carbocycles. The minimum absolute atomic E-state index is 0.324. The van der Waals surface area contributed by atoms with E-state index in [1.165, 1.54) is 23.2 Å². The fourth-order valence-electron chi connectivity index (χ4n) is 1.47. The summed E-state index contributed by atoms with van der Waals surface area (Å²) in [6.07, 6.45) is 0.807. The quantitative estimate of drug-likeness (QED) is 0.467. The summed E-state index contributed by atoms with van der Waals surface area (Å²) in [5, 5.41) is 4.78. The lowest BCUT2D eigenvalue weighted by atomic mass is 10.2. The van der Waals surface area contributed by atoms with E-state index in [4.69, 9.17) is 17.0 Å². The maximum absolute atomic E-state index is 13.0. The molecule has 0 spiro atoms. The molecule has 116 valence electrons. The maximum atomic E-state index is 13.0. The van der Waals surface area contributed by atoms with Crippen molar-refractivity contribution >= 4 is 39.2 Å². The van der Waals surface area contributed by atoms with Crippen LogP contribution in [0.2, 0.25) is 0 Å². The number of nitrogens with zero attached hydrogens (tertiary/aromatic N) is 1. The van der Waals surface area contributed by atoms with E-state index in [1.807, 2.05) is 0 Å². The molecule has 0 aromatic heterocycles. The summed E-state index contributed by atoms with van der Waals surface area (Å²) in [6.45, 7) is 1.28. The number of hydrogen-bond acceptors (Lipinski definition) is 3. The van der Waals surface area contributed by atoms with Crippen molar-refractivity contribution in [3.8, 4) is 0 Å². The zero-order chi connectivity index (χ0) is 15.8. The molecule has 0 fully saturated rings. The van der Waals surface area contributed by atoms with Crippen LogP contribution in [0.1, 0.15) is 16.8 Å². The normalized spacial score (nSPS) is 10.1. The number of hydrazine groups is 1. The Morgan fingerprint density at radius 2 is 2.24 bits per heavy atom. The van der Waals surface area contributed by atoms with Gasteiger partial charge >= 0.3 is 0 Å². The van der Waals surface area contributed by atoms with Gasteiger partial charge in [0.25, 0.3) is 5.91 Å². The number of rotatable bonds is 5. The number of carbonyl (C=O) groups is 1. The lowest BCUT2D eigenvalue weighted by molar-refractivity contribution is 0.0885. The molecule has 21 heavy (non-hydrogen) atoms. The molecule has 0 unspecified atom stereocenters. The molecule has 0 bridgehead atoms. The van der Waals surface area contributed by atoms with Gasteiger partial charge in [-0.2, -0.15) is 0 Å². The molecule has 0 saturated heterocycles. The second-order valence-corrected chi connectivity index (χ2v) is 5.44. The third-order valence-electron chi connectivity index (χ3n) is 2.55. The van der Waals surface area contributed by atoms with Gasteiger partial charge in [0.2, 0.25) is 0 Å². The Bertz CT molecular complexity index is 516. The number of benzene rings is 1. The van der Waals surface area contributed by atoms with Gasteiger partial charge in [-0.1, -0.05) is 0 Å². The molecule has 0 aliphatic heterocycles. The molecular formula is C13H17BrFN3O2S. The lowest BCUT2D eigenvalue weighted by Crippen LogP contribution is -2.48. The molecule has 0 atom stereocenters. The van der Waals surface area contributed by atoms with Crippen LogP contribution in [0.25, 0.3) is 0 Å². The molecular weight excluding hydrogens is 361 g/mol. The van der Waals surface area contributed by atoms with E-state index in [0.29, 0.717) is 28.3 Å². The highest BCUT2D eigenvalue weighted by atomic mass is 79.9. The minimum atomic E-state index is -0.415. The summed E-state index contributed by atoms with van der Waals surface area (Å²) < 4.78 is 18.3. The van der Waals surface area contributed by atoms with Gasteiger partial charge in [0.1, 0.15) is 5.82 Å². The molecule has 0 saturated carbocycles. The maximum Gasteiger partial charge on any atom is 0.270 e. The molecule has 5 nitrogen and oxygen atoms in total. The first kappa shape index (κ1) is 17.8. The van der Waals surface area contributed by atoms with Crippen LogP contribution in [0.3, 0.4) is 0 Å². The summed E-state index contributed by atoms with van der Waals surface area (Å²) in [6, 6.07) is 3.86. The van der Waals surface area contributed by atoms with Gasteiger partial charge in [-0.15, -0.1) is 0 Å². The smallest absolute Gasteiger partial charge is 0.270 e. The van der Waals surface area contributed by atoms with Crippen molar-refractivity contribution in [3.05, 3.63) is 34.1 Å². The Hall–Kier alpha value is -1.25. The second kappa shape index (κ2) is 8.91. The van der Waals surface area contributed by atoms with Crippen LogP contribution in [0.5, 0.6) is 0 Å². The average molecular weight is 378 g/mol. The lowest BCUT2D eigenvalue weighted by Gasteiger charge is -2.22. The number of halogens is 2. The summed E-state index contributed by atoms with van der Waals surface area (Å²) in [5.74, 6) is -0.799. The Kier molecular flexibility index (Phi) is 7.55. The highest BCUT2D eigenvalue weighted by molar-refractivity contribution is 9.10. The first-order valence-electron chi connectivity index (χ1n) is 6.22. The number of methoxy groups -OCH3 is 1. The Morgan fingerprint density at radius 3 is 2.86 bits per heavy atom. The molecule has 0 radical (unpaired) electrons. The summed E-state index contributed by atoms with van der Waals surface area (Å²) in [7, 11) is 3.26. The zero-order valence-electron chi connectivity index (χ0n) is 11.8. The van der Waals surface area contributed by atoms with Gasteiger partial charge in [-0.05, 0) is 52.8 Å². The van der Waals surface area contributed by atoms with Crippen LogP contribution in [0.4, 0.5) is 4.39 Å². The van der Waals surface area contributed by atoms with E-state index in [2.05, 4.69) is 26.7 Å². The van der Waals surface area contributed by atoms with Crippen molar-refractivity contribution in [1.29, 1.82) is 0 Å². The van der Waals surface area contributed by atoms with E-state index in [9.17, 15) is 9.18 Å². The van der Waals surface area contributed by atoms with Crippen molar-refractivity contribution in [1.82, 2.24) is 15.8 Å². The van der Waals surface area contributed by atoms with E-state index >= 15 is 0 Å². The van der Waals surface area contributed by atoms with Crippen molar-refractivity contribution in [2.45, 2.75) is 6.42 Å². The van der Waals surface area contributed by atoms with Crippen molar-refractivity contribution in [3.63, 3.8) is 0 Å². The van der Waals surface area contributed by atoms with Gasteiger partial charge in [0.05, 0.1) is 5.56 Å².